The van der Waals surface area contributed by atoms with Gasteiger partial charge in [-0.1, -0.05) is 12.1 Å². The highest BCUT2D eigenvalue weighted by Gasteiger charge is 2.39. The molecular weight excluding hydrogens is 438 g/mol. The van der Waals surface area contributed by atoms with E-state index in [1.807, 2.05) is 53.8 Å². The molecule has 0 aliphatic carbocycles. The Labute approximate surface area is 192 Å². The van der Waals surface area contributed by atoms with Gasteiger partial charge < -0.3 is 4.90 Å². The minimum Gasteiger partial charge on any atom is -0.322 e. The van der Waals surface area contributed by atoms with Crippen LogP contribution < -0.4 is 5.32 Å². The minimum atomic E-state index is -0.619. The average molecular weight is 458 g/mol. The summed E-state index contributed by atoms with van der Waals surface area (Å²) in [7, 11) is 1.91. The van der Waals surface area contributed by atoms with Gasteiger partial charge in [0.15, 0.2) is 0 Å². The van der Waals surface area contributed by atoms with Crippen LogP contribution in [0, 0.1) is 0 Å². The molecule has 2 aromatic carbocycles. The Bertz CT molecular complexity index is 1470. The number of amides is 3. The smallest absolute Gasteiger partial charge is 0.255 e. The van der Waals surface area contributed by atoms with Gasteiger partial charge in [-0.15, -0.1) is 11.3 Å². The first kappa shape index (κ1) is 19.8. The molecule has 4 aromatic rings. The quantitative estimate of drug-likeness (QED) is 0.477. The van der Waals surface area contributed by atoms with Gasteiger partial charge in [0.2, 0.25) is 11.8 Å². The van der Waals surface area contributed by atoms with Gasteiger partial charge in [0.1, 0.15) is 6.04 Å². The number of hydrogen-bond donors (Lipinski definition) is 1. The lowest BCUT2D eigenvalue weighted by Crippen LogP contribution is -2.52. The van der Waals surface area contributed by atoms with Gasteiger partial charge in [-0.3, -0.25) is 24.4 Å². The van der Waals surface area contributed by atoms with E-state index in [-0.39, 0.29) is 18.2 Å². The fraction of sp³-hybridized carbons (Fsp3) is 0.208. The Morgan fingerprint density at radius 1 is 1.06 bits per heavy atom. The second kappa shape index (κ2) is 7.35. The topological polar surface area (TPSA) is 97.2 Å². The van der Waals surface area contributed by atoms with Crippen molar-refractivity contribution < 1.29 is 14.4 Å². The first-order valence-electron chi connectivity index (χ1n) is 10.6. The molecular formula is C24H19N5O3S. The van der Waals surface area contributed by atoms with Crippen molar-refractivity contribution in [3.63, 3.8) is 0 Å². The molecule has 1 saturated heterocycles. The molecule has 4 heterocycles. The second-order valence-corrected chi connectivity index (χ2v) is 9.22. The third kappa shape index (κ3) is 3.15. The second-order valence-electron chi connectivity index (χ2n) is 8.34. The summed E-state index contributed by atoms with van der Waals surface area (Å²) in [6.45, 7) is 0.344. The highest BCUT2D eigenvalue weighted by molar-refractivity contribution is 7.16. The lowest BCUT2D eigenvalue weighted by molar-refractivity contribution is -0.136. The van der Waals surface area contributed by atoms with Gasteiger partial charge in [0, 0.05) is 36.7 Å². The van der Waals surface area contributed by atoms with E-state index >= 15 is 0 Å². The molecule has 164 valence electrons. The number of fused-ring (bicyclic) bond motifs is 2. The van der Waals surface area contributed by atoms with E-state index in [1.165, 1.54) is 0 Å². The Hall–Kier alpha value is -3.85. The Morgan fingerprint density at radius 3 is 2.76 bits per heavy atom. The lowest BCUT2D eigenvalue weighted by Gasteiger charge is -2.29. The van der Waals surface area contributed by atoms with Gasteiger partial charge in [-0.2, -0.15) is 5.10 Å². The number of thiazole rings is 1. The van der Waals surface area contributed by atoms with Gasteiger partial charge in [0.05, 0.1) is 27.6 Å². The molecule has 9 heteroatoms. The highest BCUT2D eigenvalue weighted by Crippen LogP contribution is 2.36. The third-order valence-electron chi connectivity index (χ3n) is 6.38. The molecule has 0 radical (unpaired) electrons. The van der Waals surface area contributed by atoms with Crippen LogP contribution in [0.1, 0.15) is 28.8 Å². The number of imide groups is 1. The number of piperidine rings is 1. The van der Waals surface area contributed by atoms with Crippen molar-refractivity contribution in [1.82, 2.24) is 25.0 Å². The van der Waals surface area contributed by atoms with Crippen molar-refractivity contribution >= 4 is 39.3 Å². The van der Waals surface area contributed by atoms with Crippen LogP contribution in [0.5, 0.6) is 0 Å². The van der Waals surface area contributed by atoms with Crippen LogP contribution in [0.4, 0.5) is 0 Å². The zero-order valence-electron chi connectivity index (χ0n) is 17.7. The van der Waals surface area contributed by atoms with E-state index in [0.717, 1.165) is 38.2 Å². The van der Waals surface area contributed by atoms with Crippen LogP contribution in [-0.2, 0) is 23.2 Å². The Morgan fingerprint density at radius 2 is 1.91 bits per heavy atom. The fourth-order valence-corrected chi connectivity index (χ4v) is 5.45. The number of hydrogen-bond acceptors (Lipinski definition) is 6. The zero-order chi connectivity index (χ0) is 22.7. The number of aryl methyl sites for hydroxylation is 1. The molecule has 1 fully saturated rings. The van der Waals surface area contributed by atoms with Crippen molar-refractivity contribution in [2.45, 2.75) is 25.4 Å². The number of benzene rings is 2. The Kier molecular flexibility index (Phi) is 4.41. The van der Waals surface area contributed by atoms with Gasteiger partial charge in [0.25, 0.3) is 5.91 Å². The molecule has 1 N–H and O–H groups in total. The van der Waals surface area contributed by atoms with Crippen LogP contribution in [0.25, 0.3) is 32.6 Å². The fourth-order valence-electron chi connectivity index (χ4n) is 4.74. The van der Waals surface area contributed by atoms with Gasteiger partial charge in [-0.05, 0) is 41.8 Å². The number of carbonyl (C=O) groups is 3. The summed E-state index contributed by atoms with van der Waals surface area (Å²) < 4.78 is 2.96. The van der Waals surface area contributed by atoms with Crippen LogP contribution in [0.2, 0.25) is 0 Å². The van der Waals surface area contributed by atoms with Crippen molar-refractivity contribution in [3.8, 4) is 22.4 Å². The molecule has 3 amide bonds. The van der Waals surface area contributed by atoms with Crippen molar-refractivity contribution in [1.29, 1.82) is 0 Å². The number of nitrogens with zero attached hydrogens (tertiary/aromatic N) is 4. The van der Waals surface area contributed by atoms with Crippen LogP contribution in [0.15, 0.2) is 48.1 Å². The third-order valence-corrected chi connectivity index (χ3v) is 7.17. The molecule has 6 rings (SSSR count). The Balaban J connectivity index is 1.36. The van der Waals surface area contributed by atoms with E-state index in [4.69, 9.17) is 0 Å². The van der Waals surface area contributed by atoms with Crippen molar-refractivity contribution in [3.05, 3.63) is 59.2 Å². The van der Waals surface area contributed by atoms with Crippen molar-refractivity contribution in [2.24, 2.45) is 7.05 Å². The maximum atomic E-state index is 13.0. The van der Waals surface area contributed by atoms with E-state index in [2.05, 4.69) is 21.5 Å². The molecule has 2 aromatic heterocycles. The summed E-state index contributed by atoms with van der Waals surface area (Å²) in [5, 5.41) is 6.84. The molecule has 0 saturated carbocycles. The number of carbonyl (C=O) groups excluding carboxylic acids is 3. The van der Waals surface area contributed by atoms with Crippen molar-refractivity contribution in [2.75, 3.05) is 0 Å². The van der Waals surface area contributed by atoms with Gasteiger partial charge in [-0.25, -0.2) is 4.98 Å². The number of nitrogens with one attached hydrogen (secondary N) is 1. The summed E-state index contributed by atoms with van der Waals surface area (Å²) in [6.07, 6.45) is 2.43. The monoisotopic (exact) mass is 457 g/mol. The molecule has 2 aliphatic rings. The SMILES string of the molecule is Cn1ncc(-c2ccc3c(c2)CN(C2CCC(=O)NC2=O)C3=O)c1-c1ccc2ncsc2c1. The summed E-state index contributed by atoms with van der Waals surface area (Å²) in [5.41, 5.74) is 8.23. The zero-order valence-corrected chi connectivity index (χ0v) is 18.6. The van der Waals surface area contributed by atoms with Crippen LogP contribution in [0.3, 0.4) is 0 Å². The first-order chi connectivity index (χ1) is 16.0. The number of rotatable bonds is 3. The maximum absolute atomic E-state index is 13.0. The van der Waals surface area contributed by atoms with E-state index in [1.54, 1.807) is 16.2 Å². The lowest BCUT2D eigenvalue weighted by atomic mass is 9.98. The average Bonchev–Trinajstić information content (AvgIpc) is 3.50. The minimum absolute atomic E-state index is 0.173. The molecule has 33 heavy (non-hydrogen) atoms. The molecule has 1 unspecified atom stereocenters. The van der Waals surface area contributed by atoms with E-state index in [0.29, 0.717) is 18.5 Å². The largest absolute Gasteiger partial charge is 0.322 e. The molecule has 0 bridgehead atoms. The molecule has 2 aliphatic heterocycles. The summed E-state index contributed by atoms with van der Waals surface area (Å²) in [5.74, 6) is -0.864. The summed E-state index contributed by atoms with van der Waals surface area (Å²) >= 11 is 1.60. The molecule has 8 nitrogen and oxygen atoms in total. The van der Waals surface area contributed by atoms with E-state index in [9.17, 15) is 14.4 Å². The molecule has 0 spiro atoms. The molecule has 1 atom stereocenters. The van der Waals surface area contributed by atoms with E-state index < -0.39 is 11.9 Å². The number of aromatic nitrogens is 3. The maximum Gasteiger partial charge on any atom is 0.255 e. The highest BCUT2D eigenvalue weighted by atomic mass is 32.1. The summed E-state index contributed by atoms with van der Waals surface area (Å²) in [4.78, 5) is 42.7. The first-order valence-corrected chi connectivity index (χ1v) is 11.5. The summed E-state index contributed by atoms with van der Waals surface area (Å²) in [6, 6.07) is 11.3. The standard InChI is InChI=1S/C24H19N5O3S/c1-28-22(14-3-5-18-20(9-14)33-12-25-18)17(10-26-28)13-2-4-16-15(8-13)11-29(24(16)32)19-6-7-21(30)27-23(19)31/h2-5,8-10,12,19H,6-7,11H2,1H3,(H,27,30,31). The normalized spacial score (nSPS) is 18.2. The van der Waals surface area contributed by atoms with Crippen LogP contribution >= 0.6 is 11.3 Å². The predicted octanol–water partition coefficient (Wildman–Crippen LogP) is 3.12. The van der Waals surface area contributed by atoms with Gasteiger partial charge >= 0.3 is 0 Å². The predicted molar refractivity (Wildman–Crippen MR) is 123 cm³/mol. The van der Waals surface area contributed by atoms with Crippen LogP contribution in [-0.4, -0.2) is 43.4 Å².